The molecule has 1 atom stereocenters. The summed E-state index contributed by atoms with van der Waals surface area (Å²) in [6.45, 7) is 2.01. The van der Waals surface area contributed by atoms with Gasteiger partial charge in [-0.1, -0.05) is 24.3 Å². The Morgan fingerprint density at radius 2 is 2.00 bits per heavy atom. The molecular formula is C15H14BrFO2. The molecule has 2 aromatic carbocycles. The van der Waals surface area contributed by atoms with Gasteiger partial charge >= 0.3 is 0 Å². The summed E-state index contributed by atoms with van der Waals surface area (Å²) < 4.78 is 19.2. The van der Waals surface area contributed by atoms with Crippen molar-refractivity contribution in [2.24, 2.45) is 0 Å². The number of halogens is 2. The van der Waals surface area contributed by atoms with Crippen molar-refractivity contribution in [1.82, 2.24) is 0 Å². The lowest BCUT2D eigenvalue weighted by Crippen LogP contribution is -2.01. The normalized spacial score (nSPS) is 12.2. The molecule has 0 amide bonds. The van der Waals surface area contributed by atoms with Crippen LogP contribution in [0.15, 0.2) is 46.9 Å². The van der Waals surface area contributed by atoms with Crippen LogP contribution in [0.2, 0.25) is 0 Å². The summed E-state index contributed by atoms with van der Waals surface area (Å²) in [5.41, 5.74) is 1.59. The monoisotopic (exact) mass is 324 g/mol. The molecule has 100 valence electrons. The molecule has 0 aliphatic rings. The highest BCUT2D eigenvalue weighted by Gasteiger charge is 2.08. The molecule has 0 fully saturated rings. The van der Waals surface area contributed by atoms with Crippen LogP contribution in [-0.4, -0.2) is 5.11 Å². The zero-order valence-electron chi connectivity index (χ0n) is 10.4. The number of aliphatic hydroxyl groups excluding tert-OH is 1. The highest BCUT2D eigenvalue weighted by atomic mass is 79.9. The number of hydrogen-bond donors (Lipinski definition) is 1. The highest BCUT2D eigenvalue weighted by molar-refractivity contribution is 9.10. The van der Waals surface area contributed by atoms with E-state index in [2.05, 4.69) is 15.9 Å². The van der Waals surface area contributed by atoms with Gasteiger partial charge in [0, 0.05) is 5.56 Å². The van der Waals surface area contributed by atoms with Crippen LogP contribution in [0.25, 0.3) is 0 Å². The molecule has 0 bridgehead atoms. The molecule has 2 rings (SSSR count). The third kappa shape index (κ3) is 3.55. The maximum Gasteiger partial charge on any atom is 0.137 e. The molecule has 2 nitrogen and oxygen atoms in total. The van der Waals surface area contributed by atoms with Gasteiger partial charge in [0.1, 0.15) is 18.2 Å². The van der Waals surface area contributed by atoms with Crippen molar-refractivity contribution >= 4 is 15.9 Å². The molecule has 0 spiro atoms. The van der Waals surface area contributed by atoms with Crippen molar-refractivity contribution < 1.29 is 14.2 Å². The standard InChI is InChI=1S/C15H14BrFO2/c1-10(18)12-4-2-3-5-15(12)19-9-11-6-7-14(17)13(16)8-11/h2-8,10,18H,9H2,1H3/t10-/m0/s1. The molecule has 4 heteroatoms. The van der Waals surface area contributed by atoms with Crippen LogP contribution in [0.1, 0.15) is 24.2 Å². The van der Waals surface area contributed by atoms with Crippen molar-refractivity contribution in [3.63, 3.8) is 0 Å². The summed E-state index contributed by atoms with van der Waals surface area (Å²) in [5.74, 6) is 0.339. The van der Waals surface area contributed by atoms with Gasteiger partial charge in [-0.25, -0.2) is 4.39 Å². The van der Waals surface area contributed by atoms with E-state index < -0.39 is 6.10 Å². The summed E-state index contributed by atoms with van der Waals surface area (Å²) in [7, 11) is 0. The van der Waals surface area contributed by atoms with Crippen molar-refractivity contribution in [2.75, 3.05) is 0 Å². The Labute approximate surface area is 120 Å². The minimum absolute atomic E-state index is 0.298. The van der Waals surface area contributed by atoms with E-state index in [1.807, 2.05) is 18.2 Å². The Morgan fingerprint density at radius 1 is 1.26 bits per heavy atom. The Balaban J connectivity index is 2.12. The first-order chi connectivity index (χ1) is 9.08. The average Bonchev–Trinajstić information content (AvgIpc) is 2.40. The zero-order chi connectivity index (χ0) is 13.8. The van der Waals surface area contributed by atoms with Gasteiger partial charge in [-0.2, -0.15) is 0 Å². The van der Waals surface area contributed by atoms with Gasteiger partial charge in [0.25, 0.3) is 0 Å². The van der Waals surface area contributed by atoms with Crippen LogP contribution < -0.4 is 4.74 Å². The maximum atomic E-state index is 13.1. The summed E-state index contributed by atoms with van der Waals surface area (Å²) in [5, 5.41) is 9.65. The molecular weight excluding hydrogens is 311 g/mol. The SMILES string of the molecule is C[C@H](O)c1ccccc1OCc1ccc(F)c(Br)c1. The van der Waals surface area contributed by atoms with Gasteiger partial charge in [-0.15, -0.1) is 0 Å². The summed E-state index contributed by atoms with van der Waals surface area (Å²) >= 11 is 3.14. The summed E-state index contributed by atoms with van der Waals surface area (Å²) in [4.78, 5) is 0. The van der Waals surface area contributed by atoms with E-state index in [1.165, 1.54) is 6.07 Å². The van der Waals surface area contributed by atoms with Crippen LogP contribution in [0.4, 0.5) is 4.39 Å². The minimum Gasteiger partial charge on any atom is -0.489 e. The van der Waals surface area contributed by atoms with Crippen molar-refractivity contribution in [3.05, 3.63) is 63.9 Å². The summed E-state index contributed by atoms with van der Waals surface area (Å²) in [6.07, 6.45) is -0.587. The molecule has 0 heterocycles. The Kier molecular flexibility index (Phi) is 4.56. The van der Waals surface area contributed by atoms with E-state index in [4.69, 9.17) is 4.74 Å². The fourth-order valence-corrected chi connectivity index (χ4v) is 2.17. The number of aliphatic hydroxyl groups is 1. The minimum atomic E-state index is -0.587. The Hall–Kier alpha value is -1.39. The van der Waals surface area contributed by atoms with E-state index >= 15 is 0 Å². The third-order valence-electron chi connectivity index (χ3n) is 2.75. The van der Waals surface area contributed by atoms with Gasteiger partial charge in [0.15, 0.2) is 0 Å². The molecule has 0 radical (unpaired) electrons. The first-order valence-electron chi connectivity index (χ1n) is 5.91. The van der Waals surface area contributed by atoms with Gasteiger partial charge in [-0.3, -0.25) is 0 Å². The van der Waals surface area contributed by atoms with Crippen LogP contribution in [-0.2, 0) is 6.61 Å². The molecule has 19 heavy (non-hydrogen) atoms. The van der Waals surface area contributed by atoms with Gasteiger partial charge in [0.05, 0.1) is 10.6 Å². The molecule has 2 aromatic rings. The molecule has 0 unspecified atom stereocenters. The van der Waals surface area contributed by atoms with Crippen LogP contribution in [0.3, 0.4) is 0 Å². The van der Waals surface area contributed by atoms with E-state index in [1.54, 1.807) is 25.1 Å². The molecule has 0 saturated heterocycles. The van der Waals surface area contributed by atoms with Crippen LogP contribution in [0.5, 0.6) is 5.75 Å². The number of ether oxygens (including phenoxy) is 1. The first kappa shape index (κ1) is 14.0. The fourth-order valence-electron chi connectivity index (χ4n) is 1.75. The van der Waals surface area contributed by atoms with E-state index in [-0.39, 0.29) is 5.82 Å². The van der Waals surface area contributed by atoms with Gasteiger partial charge in [-0.05, 0) is 46.6 Å². The second kappa shape index (κ2) is 6.17. The van der Waals surface area contributed by atoms with Gasteiger partial charge in [0.2, 0.25) is 0 Å². The zero-order valence-corrected chi connectivity index (χ0v) is 12.0. The quantitative estimate of drug-likeness (QED) is 0.912. The molecule has 0 aliphatic heterocycles. The number of rotatable bonds is 4. The van der Waals surface area contributed by atoms with E-state index in [0.29, 0.717) is 16.8 Å². The highest BCUT2D eigenvalue weighted by Crippen LogP contribution is 2.26. The van der Waals surface area contributed by atoms with Crippen molar-refractivity contribution in [1.29, 1.82) is 0 Å². The summed E-state index contributed by atoms with van der Waals surface area (Å²) in [6, 6.07) is 12.1. The maximum absolute atomic E-state index is 13.1. The largest absolute Gasteiger partial charge is 0.489 e. The molecule has 1 N–H and O–H groups in total. The Morgan fingerprint density at radius 3 is 2.68 bits per heavy atom. The van der Waals surface area contributed by atoms with Crippen LogP contribution >= 0.6 is 15.9 Å². The lowest BCUT2D eigenvalue weighted by atomic mass is 10.1. The average molecular weight is 325 g/mol. The number of hydrogen-bond acceptors (Lipinski definition) is 2. The second-order valence-corrected chi connectivity index (χ2v) is 5.11. The number of benzene rings is 2. The Bertz CT molecular complexity index is 570. The predicted octanol–water partition coefficient (Wildman–Crippen LogP) is 4.22. The lowest BCUT2D eigenvalue weighted by Gasteiger charge is -2.13. The molecule has 0 saturated carbocycles. The second-order valence-electron chi connectivity index (χ2n) is 4.25. The lowest BCUT2D eigenvalue weighted by molar-refractivity contribution is 0.190. The first-order valence-corrected chi connectivity index (χ1v) is 6.71. The predicted molar refractivity (Wildman–Crippen MR) is 75.5 cm³/mol. The number of para-hydroxylation sites is 1. The van der Waals surface area contributed by atoms with Crippen LogP contribution in [0, 0.1) is 5.82 Å². The topological polar surface area (TPSA) is 29.5 Å². The van der Waals surface area contributed by atoms with Gasteiger partial charge < -0.3 is 9.84 Å². The third-order valence-corrected chi connectivity index (χ3v) is 3.36. The van der Waals surface area contributed by atoms with E-state index in [9.17, 15) is 9.50 Å². The van der Waals surface area contributed by atoms with Crippen molar-refractivity contribution in [3.8, 4) is 5.75 Å². The smallest absolute Gasteiger partial charge is 0.137 e. The fraction of sp³-hybridized carbons (Fsp3) is 0.200. The van der Waals surface area contributed by atoms with E-state index in [0.717, 1.165) is 11.1 Å². The van der Waals surface area contributed by atoms with Crippen molar-refractivity contribution in [2.45, 2.75) is 19.6 Å². The molecule has 0 aromatic heterocycles. The molecule has 0 aliphatic carbocycles.